The van der Waals surface area contributed by atoms with E-state index in [0.717, 1.165) is 49.4 Å². The molecule has 1 aromatic carbocycles. The number of hydrogen-bond donors (Lipinski definition) is 1. The van der Waals surface area contributed by atoms with E-state index in [1.807, 2.05) is 27.0 Å². The van der Waals surface area contributed by atoms with Crippen LogP contribution in [-0.2, 0) is 6.42 Å². The zero-order valence-electron chi connectivity index (χ0n) is 16.6. The Balaban J connectivity index is 0.00000338. The maximum absolute atomic E-state index is 5.71. The molecule has 0 aromatic heterocycles. The average Bonchev–Trinajstić information content (AvgIpc) is 2.61. The summed E-state index contributed by atoms with van der Waals surface area (Å²) in [6.07, 6.45) is 3.49. The first-order chi connectivity index (χ1) is 12.2. The number of halogens is 1. The topological polar surface area (TPSA) is 46.1 Å². The van der Waals surface area contributed by atoms with Gasteiger partial charge in [0.2, 0.25) is 0 Å². The van der Waals surface area contributed by atoms with Crippen molar-refractivity contribution in [2.45, 2.75) is 40.0 Å². The Labute approximate surface area is 175 Å². The van der Waals surface area contributed by atoms with E-state index >= 15 is 0 Å². The number of hydrogen-bond acceptors (Lipinski definition) is 3. The molecule has 0 saturated carbocycles. The van der Waals surface area contributed by atoms with Crippen molar-refractivity contribution >= 4 is 29.9 Å². The number of nitrogens with zero attached hydrogens (tertiary/aromatic N) is 2. The van der Waals surface area contributed by atoms with Crippen molar-refractivity contribution in [2.24, 2.45) is 10.9 Å². The van der Waals surface area contributed by atoms with Crippen LogP contribution in [0.2, 0.25) is 0 Å². The standard InChI is InChI=1S/C20H33N3O2.HI/c1-5-24-18-10-9-17(14-19(18)25-6-2)11-12-22-20(21-4)23-13-7-8-16(3)15-23;/h9-10,14,16H,5-8,11-13,15H2,1-4H3,(H,21,22);1H. The van der Waals surface area contributed by atoms with Crippen LogP contribution in [0.5, 0.6) is 11.5 Å². The van der Waals surface area contributed by atoms with Gasteiger partial charge in [0.15, 0.2) is 17.5 Å². The molecular weight excluding hydrogens is 441 g/mol. The van der Waals surface area contributed by atoms with E-state index in [4.69, 9.17) is 9.47 Å². The smallest absolute Gasteiger partial charge is 0.193 e. The molecule has 1 heterocycles. The summed E-state index contributed by atoms with van der Waals surface area (Å²) in [5.41, 5.74) is 1.24. The molecule has 1 N–H and O–H groups in total. The van der Waals surface area contributed by atoms with E-state index in [-0.39, 0.29) is 24.0 Å². The SMILES string of the molecule is CCOc1ccc(CCNC(=NC)N2CCCC(C)C2)cc1OCC.I. The van der Waals surface area contributed by atoms with Gasteiger partial charge in [-0.3, -0.25) is 4.99 Å². The Morgan fingerprint density at radius 1 is 1.23 bits per heavy atom. The van der Waals surface area contributed by atoms with Crippen LogP contribution >= 0.6 is 24.0 Å². The fourth-order valence-electron chi connectivity index (χ4n) is 3.28. The minimum atomic E-state index is 0. The summed E-state index contributed by atoms with van der Waals surface area (Å²) >= 11 is 0. The van der Waals surface area contributed by atoms with E-state index in [1.54, 1.807) is 0 Å². The Morgan fingerprint density at radius 2 is 1.96 bits per heavy atom. The highest BCUT2D eigenvalue weighted by Gasteiger charge is 2.18. The van der Waals surface area contributed by atoms with Gasteiger partial charge >= 0.3 is 0 Å². The molecule has 0 radical (unpaired) electrons. The van der Waals surface area contributed by atoms with Gasteiger partial charge in [-0.2, -0.15) is 0 Å². The lowest BCUT2D eigenvalue weighted by molar-refractivity contribution is 0.266. The highest BCUT2D eigenvalue weighted by molar-refractivity contribution is 14.0. The lowest BCUT2D eigenvalue weighted by atomic mass is 10.0. The molecule has 1 atom stereocenters. The van der Waals surface area contributed by atoms with Gasteiger partial charge in [-0.05, 0) is 56.7 Å². The highest BCUT2D eigenvalue weighted by Crippen LogP contribution is 2.28. The molecule has 1 aliphatic heterocycles. The number of likely N-dealkylation sites (tertiary alicyclic amines) is 1. The molecule has 148 valence electrons. The number of guanidine groups is 1. The molecule has 6 heteroatoms. The fraction of sp³-hybridized carbons (Fsp3) is 0.650. The second-order valence-electron chi connectivity index (χ2n) is 6.56. The number of aliphatic imine (C=N–C) groups is 1. The average molecular weight is 475 g/mol. The number of rotatable bonds is 7. The van der Waals surface area contributed by atoms with E-state index in [0.29, 0.717) is 13.2 Å². The van der Waals surface area contributed by atoms with Gasteiger partial charge in [-0.1, -0.05) is 13.0 Å². The normalized spacial score (nSPS) is 17.5. The predicted molar refractivity (Wildman–Crippen MR) is 119 cm³/mol. The van der Waals surface area contributed by atoms with Crippen molar-refractivity contribution in [3.05, 3.63) is 23.8 Å². The van der Waals surface area contributed by atoms with E-state index in [2.05, 4.69) is 34.3 Å². The third kappa shape index (κ3) is 6.85. The minimum Gasteiger partial charge on any atom is -0.490 e. The van der Waals surface area contributed by atoms with Crippen LogP contribution in [0.25, 0.3) is 0 Å². The third-order valence-electron chi connectivity index (χ3n) is 4.47. The molecule has 2 rings (SSSR count). The summed E-state index contributed by atoms with van der Waals surface area (Å²) in [6.45, 7) is 10.6. The molecule has 1 saturated heterocycles. The Hall–Kier alpha value is -1.18. The molecule has 1 aromatic rings. The fourth-order valence-corrected chi connectivity index (χ4v) is 3.28. The Kier molecular flexibility index (Phi) is 10.8. The van der Waals surface area contributed by atoms with E-state index in [1.165, 1.54) is 18.4 Å². The second-order valence-corrected chi connectivity index (χ2v) is 6.56. The summed E-state index contributed by atoms with van der Waals surface area (Å²) in [5, 5.41) is 3.50. The number of benzene rings is 1. The molecular formula is C20H34IN3O2. The van der Waals surface area contributed by atoms with Crippen molar-refractivity contribution in [2.75, 3.05) is 39.9 Å². The zero-order chi connectivity index (χ0) is 18.1. The summed E-state index contributed by atoms with van der Waals surface area (Å²) in [7, 11) is 1.87. The lowest BCUT2D eigenvalue weighted by Crippen LogP contribution is -2.46. The van der Waals surface area contributed by atoms with Crippen molar-refractivity contribution in [3.8, 4) is 11.5 Å². The van der Waals surface area contributed by atoms with Gasteiger partial charge in [0.05, 0.1) is 13.2 Å². The molecule has 1 unspecified atom stereocenters. The molecule has 0 aliphatic carbocycles. The predicted octanol–water partition coefficient (Wildman–Crippen LogP) is 3.95. The van der Waals surface area contributed by atoms with Crippen LogP contribution in [0.4, 0.5) is 0 Å². The summed E-state index contributed by atoms with van der Waals surface area (Å²) in [6, 6.07) is 6.20. The first-order valence-corrected chi connectivity index (χ1v) is 9.52. The molecule has 26 heavy (non-hydrogen) atoms. The van der Waals surface area contributed by atoms with Gasteiger partial charge < -0.3 is 19.7 Å². The van der Waals surface area contributed by atoms with Crippen LogP contribution in [0.1, 0.15) is 39.2 Å². The summed E-state index contributed by atoms with van der Waals surface area (Å²) < 4.78 is 11.3. The first-order valence-electron chi connectivity index (χ1n) is 9.52. The Bertz CT molecular complexity index is 566. The second kappa shape index (κ2) is 12.3. The number of nitrogens with one attached hydrogen (secondary N) is 1. The third-order valence-corrected chi connectivity index (χ3v) is 4.47. The van der Waals surface area contributed by atoms with Crippen LogP contribution in [0, 0.1) is 5.92 Å². The van der Waals surface area contributed by atoms with Crippen molar-refractivity contribution in [1.29, 1.82) is 0 Å². The Morgan fingerprint density at radius 3 is 2.62 bits per heavy atom. The monoisotopic (exact) mass is 475 g/mol. The first kappa shape index (κ1) is 22.9. The molecule has 0 bridgehead atoms. The molecule has 0 spiro atoms. The van der Waals surface area contributed by atoms with Crippen molar-refractivity contribution in [3.63, 3.8) is 0 Å². The molecule has 1 fully saturated rings. The zero-order valence-corrected chi connectivity index (χ0v) is 18.9. The van der Waals surface area contributed by atoms with Gasteiger partial charge in [0.25, 0.3) is 0 Å². The van der Waals surface area contributed by atoms with Crippen LogP contribution in [0.3, 0.4) is 0 Å². The molecule has 1 aliphatic rings. The lowest BCUT2D eigenvalue weighted by Gasteiger charge is -2.33. The van der Waals surface area contributed by atoms with Gasteiger partial charge in [-0.15, -0.1) is 24.0 Å². The quantitative estimate of drug-likeness (QED) is 0.369. The summed E-state index contributed by atoms with van der Waals surface area (Å²) in [4.78, 5) is 6.82. The van der Waals surface area contributed by atoms with Crippen LogP contribution in [-0.4, -0.2) is 50.8 Å². The largest absolute Gasteiger partial charge is 0.490 e. The van der Waals surface area contributed by atoms with Crippen LogP contribution < -0.4 is 14.8 Å². The molecule has 5 nitrogen and oxygen atoms in total. The minimum absolute atomic E-state index is 0. The van der Waals surface area contributed by atoms with E-state index in [9.17, 15) is 0 Å². The maximum atomic E-state index is 5.71. The van der Waals surface area contributed by atoms with Gasteiger partial charge in [0, 0.05) is 26.7 Å². The number of piperidine rings is 1. The number of ether oxygens (including phenoxy) is 2. The van der Waals surface area contributed by atoms with Crippen molar-refractivity contribution in [1.82, 2.24) is 10.2 Å². The van der Waals surface area contributed by atoms with Crippen molar-refractivity contribution < 1.29 is 9.47 Å². The maximum Gasteiger partial charge on any atom is 0.193 e. The van der Waals surface area contributed by atoms with E-state index < -0.39 is 0 Å². The molecule has 0 amide bonds. The van der Waals surface area contributed by atoms with Crippen LogP contribution in [0.15, 0.2) is 23.2 Å². The highest BCUT2D eigenvalue weighted by atomic mass is 127. The van der Waals surface area contributed by atoms with Gasteiger partial charge in [0.1, 0.15) is 0 Å². The summed E-state index contributed by atoms with van der Waals surface area (Å²) in [5.74, 6) is 3.41. The van der Waals surface area contributed by atoms with Gasteiger partial charge in [-0.25, -0.2) is 0 Å².